The van der Waals surface area contributed by atoms with Crippen molar-refractivity contribution in [3.63, 3.8) is 0 Å². The molecule has 4 rings (SSSR count). The summed E-state index contributed by atoms with van der Waals surface area (Å²) in [4.78, 5) is 16.7. The summed E-state index contributed by atoms with van der Waals surface area (Å²) in [6.45, 7) is 0. The van der Waals surface area contributed by atoms with Crippen molar-refractivity contribution in [2.45, 2.75) is 0 Å². The molecule has 29 heavy (non-hydrogen) atoms. The van der Waals surface area contributed by atoms with Gasteiger partial charge in [0, 0.05) is 22.6 Å². The maximum absolute atomic E-state index is 12.5. The van der Waals surface area contributed by atoms with Gasteiger partial charge >= 0.3 is 0 Å². The van der Waals surface area contributed by atoms with Crippen molar-refractivity contribution in [3.8, 4) is 11.5 Å². The van der Waals surface area contributed by atoms with E-state index in [1.54, 1.807) is 18.2 Å². The fourth-order valence-electron chi connectivity index (χ4n) is 2.66. The van der Waals surface area contributed by atoms with E-state index in [9.17, 15) is 4.79 Å². The number of para-hydroxylation sites is 1. The third kappa shape index (κ3) is 4.59. The third-order valence-corrected chi connectivity index (χ3v) is 4.85. The Hall–Kier alpha value is -3.28. The van der Waals surface area contributed by atoms with E-state index in [1.165, 1.54) is 6.26 Å². The van der Waals surface area contributed by atoms with E-state index in [0.717, 1.165) is 11.4 Å². The highest BCUT2D eigenvalue weighted by Crippen LogP contribution is 2.28. The van der Waals surface area contributed by atoms with Crippen LogP contribution < -0.4 is 10.6 Å². The molecule has 1 heterocycles. The highest BCUT2D eigenvalue weighted by molar-refractivity contribution is 6.42. The minimum atomic E-state index is -0.371. The van der Waals surface area contributed by atoms with Crippen LogP contribution in [0.4, 0.5) is 17.1 Å². The number of rotatable bonds is 5. The molecule has 5 nitrogen and oxygen atoms in total. The Bertz CT molecular complexity index is 1140. The maximum atomic E-state index is 12.5. The van der Waals surface area contributed by atoms with Gasteiger partial charge in [-0.25, -0.2) is 4.98 Å². The zero-order chi connectivity index (χ0) is 20.2. The third-order valence-electron chi connectivity index (χ3n) is 4.11. The SMILES string of the molecule is O=C(Nc1ccc(Nc2ccccc2)cc1)c1coc(-c2ccc(Cl)c(Cl)c2)n1. The molecule has 0 spiro atoms. The highest BCUT2D eigenvalue weighted by atomic mass is 35.5. The average Bonchev–Trinajstić information content (AvgIpc) is 3.23. The molecule has 0 aliphatic carbocycles. The van der Waals surface area contributed by atoms with Crippen LogP contribution in [0.25, 0.3) is 11.5 Å². The van der Waals surface area contributed by atoms with Crippen molar-refractivity contribution >= 4 is 46.2 Å². The lowest BCUT2D eigenvalue weighted by atomic mass is 10.2. The van der Waals surface area contributed by atoms with Crippen molar-refractivity contribution in [3.05, 3.63) is 94.8 Å². The zero-order valence-electron chi connectivity index (χ0n) is 15.0. The van der Waals surface area contributed by atoms with Gasteiger partial charge < -0.3 is 15.1 Å². The predicted molar refractivity (Wildman–Crippen MR) is 116 cm³/mol. The molecule has 0 bridgehead atoms. The summed E-state index contributed by atoms with van der Waals surface area (Å²) >= 11 is 11.9. The van der Waals surface area contributed by atoms with Crippen LogP contribution in [-0.2, 0) is 0 Å². The monoisotopic (exact) mass is 423 g/mol. The van der Waals surface area contributed by atoms with Gasteiger partial charge in [-0.05, 0) is 54.6 Å². The van der Waals surface area contributed by atoms with Crippen molar-refractivity contribution in [2.75, 3.05) is 10.6 Å². The predicted octanol–water partition coefficient (Wildman–Crippen LogP) is 6.64. The first kappa shape index (κ1) is 19.1. The Balaban J connectivity index is 1.43. The molecule has 0 saturated carbocycles. The Labute approximate surface area is 177 Å². The first-order valence-electron chi connectivity index (χ1n) is 8.73. The largest absolute Gasteiger partial charge is 0.444 e. The van der Waals surface area contributed by atoms with Crippen molar-refractivity contribution in [1.29, 1.82) is 0 Å². The molecule has 1 aromatic heterocycles. The quantitative estimate of drug-likeness (QED) is 0.377. The van der Waals surface area contributed by atoms with Gasteiger partial charge in [-0.1, -0.05) is 41.4 Å². The van der Waals surface area contributed by atoms with E-state index < -0.39 is 0 Å². The van der Waals surface area contributed by atoms with Crippen LogP contribution in [0.3, 0.4) is 0 Å². The number of halogens is 2. The normalized spacial score (nSPS) is 10.6. The van der Waals surface area contributed by atoms with Crippen LogP contribution in [0.15, 0.2) is 83.5 Å². The summed E-state index contributed by atoms with van der Waals surface area (Å²) in [6, 6.07) is 22.2. The molecule has 144 valence electrons. The molecular weight excluding hydrogens is 409 g/mol. The van der Waals surface area contributed by atoms with Gasteiger partial charge in [-0.2, -0.15) is 0 Å². The van der Waals surface area contributed by atoms with Crippen LogP contribution in [0, 0.1) is 0 Å². The molecule has 2 N–H and O–H groups in total. The van der Waals surface area contributed by atoms with E-state index >= 15 is 0 Å². The summed E-state index contributed by atoms with van der Waals surface area (Å²) in [5, 5.41) is 6.91. The maximum Gasteiger partial charge on any atom is 0.277 e. The second-order valence-electron chi connectivity index (χ2n) is 6.19. The Kier molecular flexibility index (Phi) is 5.51. The number of amides is 1. The molecule has 3 aromatic carbocycles. The first-order valence-corrected chi connectivity index (χ1v) is 9.48. The lowest BCUT2D eigenvalue weighted by Crippen LogP contribution is -2.12. The number of nitrogens with zero attached hydrogens (tertiary/aromatic N) is 1. The van der Waals surface area contributed by atoms with E-state index in [2.05, 4.69) is 15.6 Å². The summed E-state index contributed by atoms with van der Waals surface area (Å²) in [5.41, 5.74) is 3.35. The number of anilines is 3. The van der Waals surface area contributed by atoms with Gasteiger partial charge in [0.2, 0.25) is 5.89 Å². The average molecular weight is 424 g/mol. The number of nitrogens with one attached hydrogen (secondary N) is 2. The van der Waals surface area contributed by atoms with Gasteiger partial charge in [0.25, 0.3) is 5.91 Å². The molecule has 0 fully saturated rings. The second-order valence-corrected chi connectivity index (χ2v) is 7.00. The first-order chi connectivity index (χ1) is 14.1. The second kappa shape index (κ2) is 8.39. The number of oxazole rings is 1. The number of benzene rings is 3. The molecule has 0 aliphatic rings. The minimum Gasteiger partial charge on any atom is -0.444 e. The van der Waals surface area contributed by atoms with Crippen LogP contribution in [-0.4, -0.2) is 10.9 Å². The molecule has 0 radical (unpaired) electrons. The van der Waals surface area contributed by atoms with Crippen LogP contribution in [0.1, 0.15) is 10.5 Å². The molecule has 0 aliphatic heterocycles. The van der Waals surface area contributed by atoms with Crippen LogP contribution in [0.2, 0.25) is 10.0 Å². The molecule has 0 saturated heterocycles. The lowest BCUT2D eigenvalue weighted by molar-refractivity contribution is 0.102. The van der Waals surface area contributed by atoms with Crippen molar-refractivity contribution in [1.82, 2.24) is 4.98 Å². The van der Waals surface area contributed by atoms with Crippen LogP contribution in [0.5, 0.6) is 0 Å². The Morgan fingerprint density at radius 2 is 1.52 bits per heavy atom. The fourth-order valence-corrected chi connectivity index (χ4v) is 2.96. The van der Waals surface area contributed by atoms with Crippen LogP contribution >= 0.6 is 23.2 Å². The highest BCUT2D eigenvalue weighted by Gasteiger charge is 2.14. The van der Waals surface area contributed by atoms with Gasteiger partial charge in [-0.15, -0.1) is 0 Å². The standard InChI is InChI=1S/C22H15Cl2N3O2/c23-18-11-6-14(12-19(18)24)22-27-20(13-29-22)21(28)26-17-9-7-16(8-10-17)25-15-4-2-1-3-5-15/h1-13,25H,(H,26,28). The molecule has 7 heteroatoms. The van der Waals surface area contributed by atoms with Crippen molar-refractivity contribution < 1.29 is 9.21 Å². The van der Waals surface area contributed by atoms with Gasteiger partial charge in [0.15, 0.2) is 5.69 Å². The van der Waals surface area contributed by atoms with Crippen molar-refractivity contribution in [2.24, 2.45) is 0 Å². The van der Waals surface area contributed by atoms with E-state index in [0.29, 0.717) is 21.3 Å². The Morgan fingerprint density at radius 1 is 0.828 bits per heavy atom. The lowest BCUT2D eigenvalue weighted by Gasteiger charge is -2.08. The summed E-state index contributed by atoms with van der Waals surface area (Å²) in [6.07, 6.45) is 1.30. The summed E-state index contributed by atoms with van der Waals surface area (Å²) in [5.74, 6) is -0.0834. The van der Waals surface area contributed by atoms with Gasteiger partial charge in [0.05, 0.1) is 10.0 Å². The number of carbonyl (C=O) groups is 1. The Morgan fingerprint density at radius 3 is 2.24 bits per heavy atom. The smallest absolute Gasteiger partial charge is 0.277 e. The molecule has 4 aromatic rings. The molecule has 0 unspecified atom stereocenters. The summed E-state index contributed by atoms with van der Waals surface area (Å²) < 4.78 is 5.41. The number of hydrogen-bond acceptors (Lipinski definition) is 4. The van der Waals surface area contributed by atoms with E-state index in [1.807, 2.05) is 54.6 Å². The van der Waals surface area contributed by atoms with Gasteiger partial charge in [-0.3, -0.25) is 4.79 Å². The number of hydrogen-bond donors (Lipinski definition) is 2. The zero-order valence-corrected chi connectivity index (χ0v) is 16.5. The number of carbonyl (C=O) groups excluding carboxylic acids is 1. The molecule has 0 atom stereocenters. The van der Waals surface area contributed by atoms with Gasteiger partial charge in [0.1, 0.15) is 6.26 Å². The van der Waals surface area contributed by atoms with E-state index in [-0.39, 0.29) is 17.5 Å². The number of aromatic nitrogens is 1. The molecule has 1 amide bonds. The summed E-state index contributed by atoms with van der Waals surface area (Å²) in [7, 11) is 0. The molecular formula is C22H15Cl2N3O2. The topological polar surface area (TPSA) is 67.2 Å². The fraction of sp³-hybridized carbons (Fsp3) is 0. The van der Waals surface area contributed by atoms with E-state index in [4.69, 9.17) is 27.6 Å². The minimum absolute atomic E-state index is 0.164.